The number of carbonyl (C=O) groups excluding carboxylic acids is 1. The lowest BCUT2D eigenvalue weighted by Gasteiger charge is -2.26. The lowest BCUT2D eigenvalue weighted by molar-refractivity contribution is 0.0383. The molecule has 144 valence electrons. The van der Waals surface area contributed by atoms with E-state index in [1.165, 1.54) is 11.1 Å². The highest BCUT2D eigenvalue weighted by molar-refractivity contribution is 5.92. The SMILES string of the molecule is Cc1cc(C(=O)NCCN2CCOCC2)nc(NCc2ccccc2C)n1. The Balaban J connectivity index is 1.55. The summed E-state index contributed by atoms with van der Waals surface area (Å²) in [5.74, 6) is 0.296. The highest BCUT2D eigenvalue weighted by Gasteiger charge is 2.13. The zero-order valence-electron chi connectivity index (χ0n) is 16.0. The molecular weight excluding hydrogens is 342 g/mol. The van der Waals surface area contributed by atoms with Crippen LogP contribution in [0.1, 0.15) is 27.3 Å². The smallest absolute Gasteiger partial charge is 0.270 e. The first kappa shape index (κ1) is 19.3. The Kier molecular flexibility index (Phi) is 6.73. The van der Waals surface area contributed by atoms with Crippen LogP contribution in [-0.2, 0) is 11.3 Å². The fraction of sp³-hybridized carbons (Fsp3) is 0.450. The molecule has 1 saturated heterocycles. The summed E-state index contributed by atoms with van der Waals surface area (Å²) in [7, 11) is 0. The second-order valence-corrected chi connectivity index (χ2v) is 6.71. The molecule has 2 N–H and O–H groups in total. The standard InChI is InChI=1S/C20H27N5O2/c1-15-5-3-4-6-17(15)14-22-20-23-16(2)13-18(24-20)19(26)21-7-8-25-9-11-27-12-10-25/h3-6,13H,7-12,14H2,1-2H3,(H,21,26)(H,22,23,24). The predicted octanol–water partition coefficient (Wildman–Crippen LogP) is 1.77. The topological polar surface area (TPSA) is 79.4 Å². The summed E-state index contributed by atoms with van der Waals surface area (Å²) in [6.07, 6.45) is 0. The minimum atomic E-state index is -0.173. The average Bonchev–Trinajstić information content (AvgIpc) is 2.68. The molecule has 27 heavy (non-hydrogen) atoms. The first-order chi connectivity index (χ1) is 13.1. The van der Waals surface area contributed by atoms with Crippen molar-refractivity contribution in [2.45, 2.75) is 20.4 Å². The van der Waals surface area contributed by atoms with E-state index in [4.69, 9.17) is 4.74 Å². The summed E-state index contributed by atoms with van der Waals surface area (Å²) < 4.78 is 5.33. The zero-order valence-corrected chi connectivity index (χ0v) is 16.0. The summed E-state index contributed by atoms with van der Waals surface area (Å²) in [5.41, 5.74) is 3.53. The molecule has 0 radical (unpaired) electrons. The van der Waals surface area contributed by atoms with Crippen LogP contribution in [0.3, 0.4) is 0 Å². The number of anilines is 1. The molecule has 2 heterocycles. The van der Waals surface area contributed by atoms with Crippen LogP contribution >= 0.6 is 0 Å². The number of rotatable bonds is 7. The second kappa shape index (κ2) is 9.43. The van der Waals surface area contributed by atoms with Gasteiger partial charge in [0, 0.05) is 38.4 Å². The maximum absolute atomic E-state index is 12.4. The number of nitrogens with zero attached hydrogens (tertiary/aromatic N) is 3. The molecule has 7 nitrogen and oxygen atoms in total. The number of morpholine rings is 1. The molecule has 0 bridgehead atoms. The van der Waals surface area contributed by atoms with Crippen LogP contribution in [0.15, 0.2) is 30.3 Å². The zero-order chi connectivity index (χ0) is 19.1. The fourth-order valence-corrected chi connectivity index (χ4v) is 2.99. The minimum absolute atomic E-state index is 0.173. The van der Waals surface area contributed by atoms with Crippen molar-refractivity contribution in [1.82, 2.24) is 20.2 Å². The summed E-state index contributed by atoms with van der Waals surface area (Å²) in [5, 5.41) is 6.17. The van der Waals surface area contributed by atoms with Gasteiger partial charge in [-0.25, -0.2) is 9.97 Å². The molecule has 3 rings (SSSR count). The fourth-order valence-electron chi connectivity index (χ4n) is 2.99. The number of ether oxygens (including phenoxy) is 1. The summed E-state index contributed by atoms with van der Waals surface area (Å²) in [6.45, 7) is 9.31. The van der Waals surface area contributed by atoms with Crippen LogP contribution in [0, 0.1) is 13.8 Å². The monoisotopic (exact) mass is 369 g/mol. The number of aryl methyl sites for hydroxylation is 2. The van der Waals surface area contributed by atoms with E-state index in [1.807, 2.05) is 19.1 Å². The largest absolute Gasteiger partial charge is 0.379 e. The maximum Gasteiger partial charge on any atom is 0.270 e. The molecule has 1 aliphatic heterocycles. The van der Waals surface area contributed by atoms with E-state index >= 15 is 0 Å². The predicted molar refractivity (Wildman–Crippen MR) is 105 cm³/mol. The molecule has 1 aromatic heterocycles. The van der Waals surface area contributed by atoms with Crippen LogP contribution in [0.2, 0.25) is 0 Å². The van der Waals surface area contributed by atoms with Crippen LogP contribution in [0.4, 0.5) is 5.95 Å². The lowest BCUT2D eigenvalue weighted by atomic mass is 10.1. The van der Waals surface area contributed by atoms with Crippen LogP contribution in [0.5, 0.6) is 0 Å². The van der Waals surface area contributed by atoms with Crippen molar-refractivity contribution in [1.29, 1.82) is 0 Å². The van der Waals surface area contributed by atoms with Crippen molar-refractivity contribution in [3.8, 4) is 0 Å². The van der Waals surface area contributed by atoms with Gasteiger partial charge in [-0.1, -0.05) is 24.3 Å². The van der Waals surface area contributed by atoms with E-state index < -0.39 is 0 Å². The Bertz CT molecular complexity index is 775. The van der Waals surface area contributed by atoms with Gasteiger partial charge in [-0.3, -0.25) is 9.69 Å². The third-order valence-corrected chi connectivity index (χ3v) is 4.60. The number of carbonyl (C=O) groups is 1. The van der Waals surface area contributed by atoms with Crippen molar-refractivity contribution in [3.63, 3.8) is 0 Å². The van der Waals surface area contributed by atoms with Gasteiger partial charge < -0.3 is 15.4 Å². The number of nitrogens with one attached hydrogen (secondary N) is 2. The number of hydrogen-bond acceptors (Lipinski definition) is 6. The Morgan fingerprint density at radius 1 is 1.19 bits per heavy atom. The van der Waals surface area contributed by atoms with E-state index in [0.717, 1.165) is 38.5 Å². The Morgan fingerprint density at radius 2 is 1.96 bits per heavy atom. The first-order valence-electron chi connectivity index (χ1n) is 9.34. The Hall–Kier alpha value is -2.51. The van der Waals surface area contributed by atoms with Gasteiger partial charge in [0.1, 0.15) is 5.69 Å². The molecule has 0 spiro atoms. The van der Waals surface area contributed by atoms with Gasteiger partial charge in [0.05, 0.1) is 13.2 Å². The molecule has 1 fully saturated rings. The molecule has 0 unspecified atom stereocenters. The summed E-state index contributed by atoms with van der Waals surface area (Å²) in [6, 6.07) is 9.87. The van der Waals surface area contributed by atoms with Crippen molar-refractivity contribution < 1.29 is 9.53 Å². The molecule has 1 aliphatic rings. The van der Waals surface area contributed by atoms with Crippen LogP contribution in [-0.4, -0.2) is 60.2 Å². The number of amides is 1. The molecule has 0 atom stereocenters. The minimum Gasteiger partial charge on any atom is -0.379 e. The Labute approximate surface area is 160 Å². The second-order valence-electron chi connectivity index (χ2n) is 6.71. The molecular formula is C20H27N5O2. The van der Waals surface area contributed by atoms with Gasteiger partial charge in [-0.05, 0) is 31.0 Å². The summed E-state index contributed by atoms with van der Waals surface area (Å²) >= 11 is 0. The summed E-state index contributed by atoms with van der Waals surface area (Å²) in [4.78, 5) is 23.5. The van der Waals surface area contributed by atoms with Crippen molar-refractivity contribution in [3.05, 3.63) is 52.8 Å². The highest BCUT2D eigenvalue weighted by Crippen LogP contribution is 2.10. The third-order valence-electron chi connectivity index (χ3n) is 4.60. The molecule has 0 aliphatic carbocycles. The molecule has 7 heteroatoms. The van der Waals surface area contributed by atoms with Crippen molar-refractivity contribution in [2.75, 3.05) is 44.7 Å². The number of aromatic nitrogens is 2. The van der Waals surface area contributed by atoms with E-state index in [0.29, 0.717) is 24.7 Å². The average molecular weight is 369 g/mol. The number of hydrogen-bond donors (Lipinski definition) is 2. The molecule has 1 amide bonds. The normalized spacial score (nSPS) is 14.7. The molecule has 0 saturated carbocycles. The highest BCUT2D eigenvalue weighted by atomic mass is 16.5. The first-order valence-corrected chi connectivity index (χ1v) is 9.34. The van der Waals surface area contributed by atoms with Gasteiger partial charge in [0.15, 0.2) is 0 Å². The van der Waals surface area contributed by atoms with Gasteiger partial charge in [-0.2, -0.15) is 0 Å². The van der Waals surface area contributed by atoms with Gasteiger partial charge in [0.2, 0.25) is 5.95 Å². The lowest BCUT2D eigenvalue weighted by Crippen LogP contribution is -2.41. The maximum atomic E-state index is 12.4. The van der Waals surface area contributed by atoms with E-state index in [2.05, 4.69) is 44.6 Å². The molecule has 2 aromatic rings. The third kappa shape index (κ3) is 5.74. The van der Waals surface area contributed by atoms with Gasteiger partial charge in [-0.15, -0.1) is 0 Å². The van der Waals surface area contributed by atoms with Crippen LogP contribution in [0.25, 0.3) is 0 Å². The van der Waals surface area contributed by atoms with Crippen molar-refractivity contribution >= 4 is 11.9 Å². The van der Waals surface area contributed by atoms with E-state index in [-0.39, 0.29) is 5.91 Å². The Morgan fingerprint density at radius 3 is 2.74 bits per heavy atom. The molecule has 1 aromatic carbocycles. The quantitative estimate of drug-likeness (QED) is 0.774. The van der Waals surface area contributed by atoms with Crippen molar-refractivity contribution in [2.24, 2.45) is 0 Å². The van der Waals surface area contributed by atoms with Gasteiger partial charge in [0.25, 0.3) is 5.91 Å². The van der Waals surface area contributed by atoms with E-state index in [9.17, 15) is 4.79 Å². The van der Waals surface area contributed by atoms with Gasteiger partial charge >= 0.3 is 0 Å². The number of benzene rings is 1. The van der Waals surface area contributed by atoms with E-state index in [1.54, 1.807) is 6.07 Å². The van der Waals surface area contributed by atoms with Crippen LogP contribution < -0.4 is 10.6 Å².